The van der Waals surface area contributed by atoms with Gasteiger partial charge in [-0.15, -0.1) is 0 Å². The maximum atomic E-state index is 13.3. The summed E-state index contributed by atoms with van der Waals surface area (Å²) in [6, 6.07) is 23.3. The van der Waals surface area contributed by atoms with Crippen molar-refractivity contribution < 1.29 is 14.6 Å². The first-order chi connectivity index (χ1) is 20.3. The second-order valence-electron chi connectivity index (χ2n) is 12.8. The molecular weight excluding hydrogens is 522 g/mol. The molecule has 1 amide bonds. The van der Waals surface area contributed by atoms with Crippen LogP contribution in [0.25, 0.3) is 32.8 Å². The maximum absolute atomic E-state index is 13.3. The summed E-state index contributed by atoms with van der Waals surface area (Å²) in [5, 5.41) is 15.0. The molecule has 2 aliphatic rings. The lowest BCUT2D eigenvalue weighted by Crippen LogP contribution is -2.46. The summed E-state index contributed by atoms with van der Waals surface area (Å²) in [6.45, 7) is 6.69. The molecule has 7 rings (SSSR count). The van der Waals surface area contributed by atoms with E-state index in [1.54, 1.807) is 6.07 Å². The Hall–Kier alpha value is -4.03. The van der Waals surface area contributed by atoms with Crippen molar-refractivity contribution in [1.82, 2.24) is 15.3 Å². The summed E-state index contributed by atoms with van der Waals surface area (Å²) < 4.78 is 6.86. The van der Waals surface area contributed by atoms with Gasteiger partial charge in [0.1, 0.15) is 11.4 Å². The van der Waals surface area contributed by atoms with Gasteiger partial charge in [0.2, 0.25) is 0 Å². The summed E-state index contributed by atoms with van der Waals surface area (Å²) in [6.07, 6.45) is 4.03. The molecule has 214 valence electrons. The summed E-state index contributed by atoms with van der Waals surface area (Å²) in [7, 11) is 0. The Kier molecular flexibility index (Phi) is 6.62. The average molecular weight is 560 g/mol. The van der Waals surface area contributed by atoms with Crippen molar-refractivity contribution in [1.29, 1.82) is 0 Å². The first-order valence-corrected chi connectivity index (χ1v) is 15.1. The number of ether oxygens (including phenoxy) is 1. The molecule has 5 aromatic rings. The molecule has 2 heterocycles. The molecule has 0 bridgehead atoms. The van der Waals surface area contributed by atoms with Gasteiger partial charge in [-0.3, -0.25) is 4.79 Å². The zero-order valence-corrected chi connectivity index (χ0v) is 24.4. The van der Waals surface area contributed by atoms with Crippen molar-refractivity contribution in [2.75, 3.05) is 6.61 Å². The summed E-state index contributed by atoms with van der Waals surface area (Å²) in [5.74, 6) is 2.14. The Balaban J connectivity index is 1.33. The van der Waals surface area contributed by atoms with Crippen LogP contribution in [0.5, 0.6) is 5.75 Å². The molecular formula is C36H37N3O3. The van der Waals surface area contributed by atoms with E-state index in [1.165, 1.54) is 12.0 Å². The van der Waals surface area contributed by atoms with Crippen molar-refractivity contribution in [3.05, 3.63) is 89.5 Å². The van der Waals surface area contributed by atoms with E-state index in [1.807, 2.05) is 48.5 Å². The average Bonchev–Trinajstić information content (AvgIpc) is 2.99. The number of aromatic nitrogens is 2. The number of nitrogens with zero attached hydrogens (tertiary/aromatic N) is 2. The first-order valence-electron chi connectivity index (χ1n) is 15.1. The monoisotopic (exact) mass is 559 g/mol. The van der Waals surface area contributed by atoms with Gasteiger partial charge in [-0.25, -0.2) is 9.97 Å². The predicted molar refractivity (Wildman–Crippen MR) is 167 cm³/mol. The smallest absolute Gasteiger partial charge is 0.251 e. The summed E-state index contributed by atoms with van der Waals surface area (Å²) in [5.41, 5.74) is 5.69. The zero-order chi connectivity index (χ0) is 29.0. The quantitative estimate of drug-likeness (QED) is 0.180. The van der Waals surface area contributed by atoms with Crippen molar-refractivity contribution in [3.63, 3.8) is 0 Å². The van der Waals surface area contributed by atoms with E-state index >= 15 is 0 Å². The van der Waals surface area contributed by atoms with Crippen LogP contribution in [0, 0.1) is 11.8 Å². The number of nitrogens with one attached hydrogen (secondary N) is 1. The Morgan fingerprint density at radius 3 is 2.50 bits per heavy atom. The lowest BCUT2D eigenvalue weighted by molar-refractivity contribution is -0.0115. The molecule has 1 aliphatic heterocycles. The van der Waals surface area contributed by atoms with Crippen molar-refractivity contribution >= 4 is 38.7 Å². The molecule has 0 radical (unpaired) electrons. The second-order valence-corrected chi connectivity index (χ2v) is 12.8. The number of aliphatic hydroxyl groups excluding tert-OH is 1. The van der Waals surface area contributed by atoms with Gasteiger partial charge >= 0.3 is 0 Å². The number of hydrogen-bond acceptors (Lipinski definition) is 5. The maximum Gasteiger partial charge on any atom is 0.251 e. The molecule has 4 aromatic carbocycles. The Labute approximate surface area is 246 Å². The lowest BCUT2D eigenvalue weighted by atomic mass is 9.64. The minimum absolute atomic E-state index is 0.143. The number of hydrogen-bond donors (Lipinski definition) is 2. The molecule has 1 aromatic heterocycles. The lowest BCUT2D eigenvalue weighted by Gasteiger charge is -2.49. The number of benzene rings is 4. The van der Waals surface area contributed by atoms with E-state index in [9.17, 15) is 9.90 Å². The molecule has 4 atom stereocenters. The summed E-state index contributed by atoms with van der Waals surface area (Å²) in [4.78, 5) is 23.7. The van der Waals surface area contributed by atoms with Crippen molar-refractivity contribution in [3.8, 4) is 5.75 Å². The molecule has 1 fully saturated rings. The van der Waals surface area contributed by atoms with Gasteiger partial charge in [-0.1, -0.05) is 67.9 Å². The van der Waals surface area contributed by atoms with Gasteiger partial charge in [-0.05, 0) is 68.7 Å². The van der Waals surface area contributed by atoms with Crippen LogP contribution in [0.15, 0.2) is 72.8 Å². The highest BCUT2D eigenvalue weighted by atomic mass is 16.5. The normalized spacial score (nSPS) is 21.9. The van der Waals surface area contributed by atoms with E-state index in [2.05, 4.69) is 44.3 Å². The Bertz CT molecular complexity index is 1820. The van der Waals surface area contributed by atoms with E-state index in [0.717, 1.165) is 51.5 Å². The molecule has 6 heteroatoms. The number of carbonyl (C=O) groups is 1. The minimum atomic E-state index is -0.385. The minimum Gasteiger partial charge on any atom is -0.487 e. The zero-order valence-electron chi connectivity index (χ0n) is 24.4. The fourth-order valence-electron chi connectivity index (χ4n) is 7.36. The number of carbonyl (C=O) groups excluding carboxylic acids is 1. The van der Waals surface area contributed by atoms with Gasteiger partial charge < -0.3 is 15.2 Å². The second kappa shape index (κ2) is 10.4. The number of fused-ring (bicyclic) bond motifs is 9. The molecule has 6 nitrogen and oxygen atoms in total. The van der Waals surface area contributed by atoms with Gasteiger partial charge in [0.15, 0.2) is 0 Å². The van der Waals surface area contributed by atoms with E-state index < -0.39 is 0 Å². The SMILES string of the molecule is C[C@@H]1CC[C@@H]2[C@@H](C1)c1c(c3ccccc3c3nc4cc(C(=O)N[C@@H](CO)Cc5ccccc5)ccc4nc13)OC2(C)C. The Morgan fingerprint density at radius 1 is 0.976 bits per heavy atom. The van der Waals surface area contributed by atoms with Crippen LogP contribution >= 0.6 is 0 Å². The number of rotatable bonds is 5. The van der Waals surface area contributed by atoms with Gasteiger partial charge in [0.25, 0.3) is 5.91 Å². The fourth-order valence-corrected chi connectivity index (χ4v) is 7.36. The van der Waals surface area contributed by atoms with Crippen molar-refractivity contribution in [2.24, 2.45) is 11.8 Å². The number of aliphatic hydroxyl groups is 1. The standard InChI is InChI=1S/C36H37N3O3/c1-21-13-15-28-27(17-21)31-33-32(25-11-7-8-12-26(25)34(31)42-36(28,2)3)39-30-19-23(14-16-29(30)38-33)35(41)37-24(20-40)18-22-9-5-4-6-10-22/h4-12,14,16,19,21,24,27-28,40H,13,15,17-18,20H2,1-3H3,(H,37,41)/t21-,24-,27-,28-/m1/s1. The third-order valence-electron chi connectivity index (χ3n) is 9.47. The van der Waals surface area contributed by atoms with Gasteiger partial charge in [0, 0.05) is 27.8 Å². The fraction of sp³-hybridized carbons (Fsp3) is 0.361. The number of amides is 1. The predicted octanol–water partition coefficient (Wildman–Crippen LogP) is 6.96. The molecule has 1 aliphatic carbocycles. The summed E-state index contributed by atoms with van der Waals surface area (Å²) >= 11 is 0. The van der Waals surface area contributed by atoms with E-state index in [4.69, 9.17) is 14.7 Å². The molecule has 1 saturated carbocycles. The van der Waals surface area contributed by atoms with Crippen LogP contribution in [-0.4, -0.2) is 39.2 Å². The van der Waals surface area contributed by atoms with Crippen molar-refractivity contribution in [2.45, 2.75) is 64.0 Å². The van der Waals surface area contributed by atoms with Crippen LogP contribution in [0.2, 0.25) is 0 Å². The van der Waals surface area contributed by atoms with E-state index in [-0.39, 0.29) is 24.2 Å². The highest BCUT2D eigenvalue weighted by Crippen LogP contribution is 2.56. The van der Waals surface area contributed by atoms with Gasteiger partial charge in [0.05, 0.1) is 34.7 Å². The molecule has 2 N–H and O–H groups in total. The van der Waals surface area contributed by atoms with E-state index in [0.29, 0.717) is 35.3 Å². The molecule has 42 heavy (non-hydrogen) atoms. The largest absolute Gasteiger partial charge is 0.487 e. The highest BCUT2D eigenvalue weighted by Gasteiger charge is 2.47. The van der Waals surface area contributed by atoms with Crippen LogP contribution in [0.3, 0.4) is 0 Å². The topological polar surface area (TPSA) is 84.3 Å². The first kappa shape index (κ1) is 26.8. The van der Waals surface area contributed by atoms with Crippen LogP contribution in [0.4, 0.5) is 0 Å². The highest BCUT2D eigenvalue weighted by molar-refractivity contribution is 6.11. The third-order valence-corrected chi connectivity index (χ3v) is 9.47. The molecule has 0 spiro atoms. The molecule has 0 unspecified atom stereocenters. The van der Waals surface area contributed by atoms with Crippen LogP contribution in [-0.2, 0) is 6.42 Å². The molecule has 0 saturated heterocycles. The van der Waals surface area contributed by atoms with Crippen LogP contribution < -0.4 is 10.1 Å². The third kappa shape index (κ3) is 4.58. The Morgan fingerprint density at radius 2 is 1.71 bits per heavy atom. The van der Waals surface area contributed by atoms with Gasteiger partial charge in [-0.2, -0.15) is 0 Å². The van der Waals surface area contributed by atoms with Crippen LogP contribution in [0.1, 0.15) is 67.4 Å².